The summed E-state index contributed by atoms with van der Waals surface area (Å²) in [6, 6.07) is 68.0. The Morgan fingerprint density at radius 2 is 0.915 bits per heavy atom. The molecule has 5 heteroatoms. The molecule has 14 aromatic rings. The van der Waals surface area contributed by atoms with Crippen molar-refractivity contribution in [3.63, 3.8) is 0 Å². The molecule has 5 heterocycles. The average molecular weight is 750 g/mol. The molecule has 0 bridgehead atoms. The Hall–Kier alpha value is -8.02. The standard InChI is InChI=1S/C54H31N5/c1-3-15-33(16-4-1)50-47-35-19-8-7-14-32(35)28-31-42(47)55-54(56-50)58-44-25-12-21-37-38-22-11-23-39-41-30-29-40-36-20-9-10-24-43(36)57(34-17-5-2-6-18-34)52(40)53(41)59(51(38)39)46-27-13-26-45(58)49(46)48(37)44/h1-31H. The maximum absolute atomic E-state index is 5.54. The lowest BCUT2D eigenvalue weighted by Gasteiger charge is -2.14. The Morgan fingerprint density at radius 1 is 0.322 bits per heavy atom. The molecule has 0 unspecified atom stereocenters. The van der Waals surface area contributed by atoms with Crippen LogP contribution < -0.4 is 0 Å². The molecule has 14 rings (SSSR count). The summed E-state index contributed by atoms with van der Waals surface area (Å²) in [6.07, 6.45) is 0. The fraction of sp³-hybridized carbons (Fsp3) is 0. The van der Waals surface area contributed by atoms with Gasteiger partial charge in [0.25, 0.3) is 0 Å². The van der Waals surface area contributed by atoms with E-state index in [2.05, 4.69) is 202 Å². The molecule has 0 fully saturated rings. The molecule has 0 saturated carbocycles. The van der Waals surface area contributed by atoms with Crippen molar-refractivity contribution in [3.05, 3.63) is 188 Å². The van der Waals surface area contributed by atoms with Gasteiger partial charge in [0.15, 0.2) is 0 Å². The number of nitrogens with zero attached hydrogens (tertiary/aromatic N) is 5. The summed E-state index contributed by atoms with van der Waals surface area (Å²) in [6.45, 7) is 0. The lowest BCUT2D eigenvalue weighted by Crippen LogP contribution is -2.04. The number of rotatable bonds is 3. The second kappa shape index (κ2) is 11.3. The number of benzene rings is 9. The van der Waals surface area contributed by atoms with Crippen LogP contribution in [0.4, 0.5) is 0 Å². The van der Waals surface area contributed by atoms with E-state index in [0.29, 0.717) is 5.95 Å². The van der Waals surface area contributed by atoms with Crippen LogP contribution in [0.2, 0.25) is 0 Å². The van der Waals surface area contributed by atoms with Crippen molar-refractivity contribution in [1.29, 1.82) is 0 Å². The quantitative estimate of drug-likeness (QED) is 0.169. The fourth-order valence-corrected chi connectivity index (χ4v) is 10.4. The number of aromatic nitrogens is 5. The van der Waals surface area contributed by atoms with E-state index >= 15 is 0 Å². The molecular weight excluding hydrogens is 719 g/mol. The van der Waals surface area contributed by atoms with E-state index in [1.54, 1.807) is 0 Å². The van der Waals surface area contributed by atoms with E-state index in [9.17, 15) is 0 Å². The van der Waals surface area contributed by atoms with Crippen molar-refractivity contribution in [3.8, 4) is 22.9 Å². The van der Waals surface area contributed by atoms with E-state index in [1.807, 2.05) is 0 Å². The van der Waals surface area contributed by atoms with Gasteiger partial charge < -0.3 is 8.97 Å². The van der Waals surface area contributed by atoms with Crippen LogP contribution in [-0.2, 0) is 0 Å². The van der Waals surface area contributed by atoms with E-state index in [-0.39, 0.29) is 0 Å². The maximum atomic E-state index is 5.54. The Balaban J connectivity index is 1.20. The summed E-state index contributed by atoms with van der Waals surface area (Å²) in [7, 11) is 0. The van der Waals surface area contributed by atoms with Crippen molar-refractivity contribution in [2.24, 2.45) is 0 Å². The summed E-state index contributed by atoms with van der Waals surface area (Å²) in [4.78, 5) is 11.0. The first-order valence-electron chi connectivity index (χ1n) is 20.2. The first-order chi connectivity index (χ1) is 29.3. The van der Waals surface area contributed by atoms with Gasteiger partial charge in [-0.15, -0.1) is 0 Å². The maximum Gasteiger partial charge on any atom is 0.235 e. The summed E-state index contributed by atoms with van der Waals surface area (Å²) in [5.74, 6) is 0.656. The lowest BCUT2D eigenvalue weighted by molar-refractivity contribution is 1.01. The Morgan fingerprint density at radius 3 is 1.76 bits per heavy atom. The largest absolute Gasteiger partial charge is 0.307 e. The molecule has 9 aromatic carbocycles. The van der Waals surface area contributed by atoms with Gasteiger partial charge >= 0.3 is 0 Å². The Labute approximate surface area is 336 Å². The minimum Gasteiger partial charge on any atom is -0.307 e. The molecule has 0 radical (unpaired) electrons. The zero-order valence-electron chi connectivity index (χ0n) is 31.6. The van der Waals surface area contributed by atoms with Crippen molar-refractivity contribution >= 4 is 103 Å². The molecule has 5 aromatic heterocycles. The topological polar surface area (TPSA) is 40.0 Å². The lowest BCUT2D eigenvalue weighted by atomic mass is 10.0. The van der Waals surface area contributed by atoms with Crippen LogP contribution in [0.25, 0.3) is 126 Å². The molecule has 272 valence electrons. The van der Waals surface area contributed by atoms with Gasteiger partial charge in [0.1, 0.15) is 0 Å². The predicted octanol–water partition coefficient (Wildman–Crippen LogP) is 13.8. The first kappa shape index (κ1) is 31.1. The molecule has 0 saturated heterocycles. The summed E-state index contributed by atoms with van der Waals surface area (Å²) in [5.41, 5.74) is 12.2. The highest BCUT2D eigenvalue weighted by Crippen LogP contribution is 2.47. The molecule has 0 amide bonds. The number of hydrogen-bond donors (Lipinski definition) is 0. The fourth-order valence-electron chi connectivity index (χ4n) is 10.4. The van der Waals surface area contributed by atoms with E-state index in [1.165, 1.54) is 70.5 Å². The van der Waals surface area contributed by atoms with Gasteiger partial charge in [-0.25, -0.2) is 9.97 Å². The number of hydrogen-bond acceptors (Lipinski definition) is 2. The van der Waals surface area contributed by atoms with Gasteiger partial charge in [0.05, 0.1) is 49.8 Å². The Bertz CT molecular complexity index is 4060. The monoisotopic (exact) mass is 749 g/mol. The van der Waals surface area contributed by atoms with Crippen molar-refractivity contribution in [1.82, 2.24) is 23.5 Å². The van der Waals surface area contributed by atoms with Crippen LogP contribution in [0.5, 0.6) is 0 Å². The second-order valence-electron chi connectivity index (χ2n) is 15.7. The molecule has 5 nitrogen and oxygen atoms in total. The molecule has 59 heavy (non-hydrogen) atoms. The third kappa shape index (κ3) is 3.98. The zero-order valence-corrected chi connectivity index (χ0v) is 31.6. The van der Waals surface area contributed by atoms with Gasteiger partial charge in [-0.2, -0.15) is 0 Å². The predicted molar refractivity (Wildman–Crippen MR) is 246 cm³/mol. The molecule has 0 aliphatic carbocycles. The Kier molecular flexibility index (Phi) is 5.96. The minimum atomic E-state index is 0.656. The number of para-hydroxylation sites is 3. The molecule has 0 aliphatic heterocycles. The van der Waals surface area contributed by atoms with Crippen LogP contribution in [0.3, 0.4) is 0 Å². The first-order valence-corrected chi connectivity index (χ1v) is 20.2. The smallest absolute Gasteiger partial charge is 0.235 e. The van der Waals surface area contributed by atoms with E-state index in [0.717, 1.165) is 49.8 Å². The molecule has 0 spiro atoms. The van der Waals surface area contributed by atoms with Crippen LogP contribution >= 0.6 is 0 Å². The third-order valence-corrected chi connectivity index (χ3v) is 12.7. The summed E-state index contributed by atoms with van der Waals surface area (Å²) < 4.78 is 7.33. The van der Waals surface area contributed by atoms with Crippen LogP contribution in [0.1, 0.15) is 0 Å². The van der Waals surface area contributed by atoms with Gasteiger partial charge in [0.2, 0.25) is 5.95 Å². The van der Waals surface area contributed by atoms with Crippen molar-refractivity contribution < 1.29 is 0 Å². The summed E-state index contributed by atoms with van der Waals surface area (Å²) >= 11 is 0. The third-order valence-electron chi connectivity index (χ3n) is 12.7. The van der Waals surface area contributed by atoms with Gasteiger partial charge in [-0.05, 0) is 58.6 Å². The van der Waals surface area contributed by atoms with Crippen LogP contribution in [0.15, 0.2) is 188 Å². The zero-order chi connectivity index (χ0) is 38.3. The number of fused-ring (bicyclic) bond motifs is 12. The molecule has 0 atom stereocenters. The molecule has 0 aliphatic rings. The van der Waals surface area contributed by atoms with Crippen molar-refractivity contribution in [2.45, 2.75) is 0 Å². The van der Waals surface area contributed by atoms with Crippen LogP contribution in [-0.4, -0.2) is 23.5 Å². The van der Waals surface area contributed by atoms with E-state index in [4.69, 9.17) is 9.97 Å². The van der Waals surface area contributed by atoms with Crippen molar-refractivity contribution in [2.75, 3.05) is 0 Å². The van der Waals surface area contributed by atoms with Crippen LogP contribution in [0, 0.1) is 0 Å². The highest BCUT2D eigenvalue weighted by molar-refractivity contribution is 6.33. The van der Waals surface area contributed by atoms with E-state index < -0.39 is 0 Å². The SMILES string of the molecule is c1ccc(-c2nc(-n3c4cccc5c6cccc7c8ccc9c%10ccccc%10n(-c%10ccccc%10)c9c8n(c8cccc3c8c54)c67)nc3ccc4ccccc4c23)cc1. The minimum absolute atomic E-state index is 0.656. The van der Waals surface area contributed by atoms with Gasteiger partial charge in [-0.3, -0.25) is 4.57 Å². The summed E-state index contributed by atoms with van der Waals surface area (Å²) in [5, 5.41) is 13.2. The van der Waals surface area contributed by atoms with Gasteiger partial charge in [0, 0.05) is 54.3 Å². The normalized spacial score (nSPS) is 12.4. The molecule has 0 N–H and O–H groups in total. The highest BCUT2D eigenvalue weighted by atomic mass is 15.2. The molecular formula is C54H31N5. The second-order valence-corrected chi connectivity index (χ2v) is 15.7. The average Bonchev–Trinajstić information content (AvgIpc) is 3.92. The van der Waals surface area contributed by atoms with Gasteiger partial charge in [-0.1, -0.05) is 146 Å². The highest BCUT2D eigenvalue weighted by Gasteiger charge is 2.26.